The summed E-state index contributed by atoms with van der Waals surface area (Å²) >= 11 is 0. The minimum atomic E-state index is 0.102. The van der Waals surface area contributed by atoms with Crippen LogP contribution in [0, 0.1) is 5.92 Å². The Morgan fingerprint density at radius 2 is 2.14 bits per heavy atom. The molecule has 4 unspecified atom stereocenters. The quantitative estimate of drug-likeness (QED) is 0.683. The molecule has 0 fully saturated rings. The van der Waals surface area contributed by atoms with Gasteiger partial charge in [-0.2, -0.15) is 0 Å². The van der Waals surface area contributed by atoms with E-state index in [-0.39, 0.29) is 7.30 Å². The Hall–Kier alpha value is 0.940. The maximum Gasteiger partial charge on any atom is 0.0146 e. The Kier molecular flexibility index (Phi) is 3.96. The molecule has 2 rings (SSSR count). The van der Waals surface area contributed by atoms with Gasteiger partial charge in [-0.25, -0.2) is 0 Å². The molecule has 1 aliphatic carbocycles. The van der Waals surface area contributed by atoms with E-state index in [1.807, 2.05) is 0 Å². The van der Waals surface area contributed by atoms with Gasteiger partial charge in [0, 0.05) is 5.66 Å². The smallest absolute Gasteiger partial charge is 0.0146 e. The predicted octanol–water partition coefficient (Wildman–Crippen LogP) is 4.58. The highest BCUT2D eigenvalue weighted by Crippen LogP contribution is 2.77. The number of benzene rings is 1. The van der Waals surface area contributed by atoms with Crippen LogP contribution in [0.25, 0.3) is 0 Å². The molecule has 0 amide bonds. The van der Waals surface area contributed by atoms with Crippen LogP contribution in [0.4, 0.5) is 0 Å². The highest BCUT2D eigenvalue weighted by atomic mass is 32.6. The van der Waals surface area contributed by atoms with E-state index in [9.17, 15) is 0 Å². The highest BCUT2D eigenvalue weighted by Gasteiger charge is 2.32. The van der Waals surface area contributed by atoms with E-state index >= 15 is 0 Å². The lowest BCUT2D eigenvalue weighted by Crippen LogP contribution is -1.97. The van der Waals surface area contributed by atoms with Crippen molar-refractivity contribution in [1.82, 2.24) is 0 Å². The lowest BCUT2D eigenvalue weighted by Gasteiger charge is -2.23. The lowest BCUT2D eigenvalue weighted by molar-refractivity contribution is 0.613. The second-order valence-electron chi connectivity index (χ2n) is 3.86. The molecule has 0 saturated heterocycles. The van der Waals surface area contributed by atoms with Crippen LogP contribution < -0.4 is 0 Å². The fourth-order valence-electron chi connectivity index (χ4n) is 2.28. The van der Waals surface area contributed by atoms with Crippen LogP contribution in [0.1, 0.15) is 23.7 Å². The topological polar surface area (TPSA) is 0 Å². The van der Waals surface area contributed by atoms with Gasteiger partial charge in [0.1, 0.15) is 0 Å². The minimum absolute atomic E-state index is 0.102. The average molecular weight is 260 g/mol. The maximum atomic E-state index is 3.08. The van der Waals surface area contributed by atoms with E-state index in [1.54, 1.807) is 11.1 Å². The van der Waals surface area contributed by atoms with Crippen molar-refractivity contribution in [1.29, 1.82) is 0 Å². The molecule has 0 radical (unpaired) electrons. The summed E-state index contributed by atoms with van der Waals surface area (Å²) in [7, 11) is 7.11. The van der Waals surface area contributed by atoms with Gasteiger partial charge in [-0.15, -0.1) is 17.9 Å². The van der Waals surface area contributed by atoms with E-state index in [4.69, 9.17) is 0 Å². The molecule has 1 aromatic rings. The van der Waals surface area contributed by atoms with Gasteiger partial charge in [0.15, 0.2) is 0 Å². The fraction of sp³-hybridized carbons (Fsp3) is 0.400. The van der Waals surface area contributed by atoms with Crippen LogP contribution in [0.2, 0.25) is 0 Å². The molecule has 0 spiro atoms. The molecule has 1 aliphatic rings. The molecule has 0 nitrogen and oxygen atoms in total. The average Bonchev–Trinajstić information content (AvgIpc) is 2.53. The van der Waals surface area contributed by atoms with E-state index in [0.717, 1.165) is 19.5 Å². The van der Waals surface area contributed by atoms with Gasteiger partial charge >= 0.3 is 0 Å². The van der Waals surface area contributed by atoms with E-state index < -0.39 is 0 Å². The standard InChI is InChI=1S/C10H16P4/c1-7-6-8-4-2-3-5-9(8)10(7)14(12)13-11/h2-5,7,10,13H,6,11-12H2,1H3/t7-,10+,14?/m0/s1. The molecular formula is C10H16P4. The Morgan fingerprint density at radius 1 is 1.43 bits per heavy atom. The zero-order chi connectivity index (χ0) is 10.1. The summed E-state index contributed by atoms with van der Waals surface area (Å²) in [6, 6.07) is 8.98. The van der Waals surface area contributed by atoms with Crippen molar-refractivity contribution in [3.63, 3.8) is 0 Å². The van der Waals surface area contributed by atoms with Crippen molar-refractivity contribution in [2.75, 3.05) is 0 Å². The van der Waals surface area contributed by atoms with Crippen molar-refractivity contribution in [3.8, 4) is 0 Å². The molecule has 0 N–H and O–H groups in total. The van der Waals surface area contributed by atoms with Gasteiger partial charge in [0.25, 0.3) is 0 Å². The molecule has 14 heavy (non-hydrogen) atoms. The Morgan fingerprint density at radius 3 is 2.86 bits per heavy atom. The monoisotopic (exact) mass is 260 g/mol. The highest BCUT2D eigenvalue weighted by molar-refractivity contribution is 8.61. The van der Waals surface area contributed by atoms with Crippen molar-refractivity contribution in [2.45, 2.75) is 19.0 Å². The van der Waals surface area contributed by atoms with Crippen LogP contribution in [0.5, 0.6) is 0 Å². The molecule has 4 heteroatoms. The molecule has 0 heterocycles. The summed E-state index contributed by atoms with van der Waals surface area (Å²) in [5, 5.41) is 0. The van der Waals surface area contributed by atoms with E-state index in [0.29, 0.717) is 0 Å². The molecule has 76 valence electrons. The predicted molar refractivity (Wildman–Crippen MR) is 76.7 cm³/mol. The first-order chi connectivity index (χ1) is 6.74. The van der Waals surface area contributed by atoms with E-state index in [1.165, 1.54) is 6.42 Å². The second-order valence-corrected chi connectivity index (χ2v) is 13.4. The number of hydrogen-bond donors (Lipinski definition) is 0. The first-order valence-electron chi connectivity index (χ1n) is 4.82. The van der Waals surface area contributed by atoms with Crippen LogP contribution >= 0.6 is 33.1 Å². The van der Waals surface area contributed by atoms with Gasteiger partial charge in [0.2, 0.25) is 0 Å². The minimum Gasteiger partial charge on any atom is -0.110 e. The lowest BCUT2D eigenvalue weighted by atomic mass is 10.1. The third-order valence-electron chi connectivity index (χ3n) is 2.90. The fourth-order valence-corrected chi connectivity index (χ4v) is 8.12. The summed E-state index contributed by atoms with van der Waals surface area (Å²) in [6.07, 6.45) is 1.28. The van der Waals surface area contributed by atoms with Gasteiger partial charge < -0.3 is 0 Å². The van der Waals surface area contributed by atoms with Gasteiger partial charge in [0.05, 0.1) is 0 Å². The van der Waals surface area contributed by atoms with Gasteiger partial charge in [-0.1, -0.05) is 46.4 Å². The summed E-state index contributed by atoms with van der Waals surface area (Å²) in [6.45, 7) is 2.40. The second kappa shape index (κ2) is 4.85. The zero-order valence-electron chi connectivity index (χ0n) is 8.27. The summed E-state index contributed by atoms with van der Waals surface area (Å²) in [4.78, 5) is 0. The van der Waals surface area contributed by atoms with E-state index in [2.05, 4.69) is 49.0 Å². The summed E-state index contributed by atoms with van der Waals surface area (Å²) < 4.78 is 0. The number of fused-ring (bicyclic) bond motifs is 1. The normalized spacial score (nSPS) is 28.2. The molecular weight excluding hydrogens is 244 g/mol. The van der Waals surface area contributed by atoms with Gasteiger partial charge in [-0.3, -0.25) is 0 Å². The Bertz CT molecular complexity index is 322. The van der Waals surface area contributed by atoms with Crippen LogP contribution in [0.15, 0.2) is 24.3 Å². The summed E-state index contributed by atoms with van der Waals surface area (Å²) in [5.41, 5.74) is 4.03. The van der Waals surface area contributed by atoms with Crippen LogP contribution in [-0.2, 0) is 6.42 Å². The molecule has 0 bridgehead atoms. The first-order valence-corrected chi connectivity index (χ1v) is 11.5. The van der Waals surface area contributed by atoms with Gasteiger partial charge in [-0.05, 0) is 23.5 Å². The molecule has 0 aromatic heterocycles. The SMILES string of the molecule is C[C@H]1Cc2ccccc2[C@@H]1P(P)PP. The zero-order valence-corrected chi connectivity index (χ0v) is 12.5. The van der Waals surface area contributed by atoms with Crippen molar-refractivity contribution in [3.05, 3.63) is 35.4 Å². The third kappa shape index (κ3) is 2.06. The maximum absolute atomic E-state index is 3.08. The first kappa shape index (κ1) is 11.4. The molecule has 0 saturated carbocycles. The largest absolute Gasteiger partial charge is 0.110 e. The number of rotatable bonds is 2. The molecule has 0 aliphatic heterocycles. The van der Waals surface area contributed by atoms with Crippen LogP contribution in [-0.4, -0.2) is 0 Å². The Labute approximate surface area is 93.6 Å². The van der Waals surface area contributed by atoms with Crippen LogP contribution in [0.3, 0.4) is 0 Å². The molecule has 1 aromatic carbocycles. The van der Waals surface area contributed by atoms with Crippen molar-refractivity contribution < 1.29 is 0 Å². The number of hydrogen-bond acceptors (Lipinski definition) is 0. The van der Waals surface area contributed by atoms with Crippen molar-refractivity contribution in [2.24, 2.45) is 5.92 Å². The molecule has 6 atom stereocenters. The van der Waals surface area contributed by atoms with Crippen molar-refractivity contribution >= 4 is 33.1 Å². The third-order valence-corrected chi connectivity index (χ3v) is 14.0. The summed E-state index contributed by atoms with van der Waals surface area (Å²) in [5.74, 6) is 0.837. The Balaban J connectivity index is 2.34.